The van der Waals surface area contributed by atoms with Crippen molar-refractivity contribution in [2.45, 2.75) is 26.1 Å². The quantitative estimate of drug-likeness (QED) is 0.484. The Morgan fingerprint density at radius 3 is 2.24 bits per heavy atom. The van der Waals surface area contributed by atoms with E-state index < -0.39 is 30.1 Å². The Morgan fingerprint density at radius 1 is 1.18 bits per heavy atom. The van der Waals surface area contributed by atoms with Crippen LogP contribution in [0.15, 0.2) is 0 Å². The Bertz CT molecular complexity index is 312. The van der Waals surface area contributed by atoms with E-state index in [1.165, 1.54) is 0 Å². The van der Waals surface area contributed by atoms with Crippen molar-refractivity contribution >= 4 is 17.9 Å². The highest BCUT2D eigenvalue weighted by atomic mass is 16.7. The molecule has 2 atom stereocenters. The normalized spacial score (nSPS) is 23.8. The summed E-state index contributed by atoms with van der Waals surface area (Å²) in [6, 6.07) is 0. The van der Waals surface area contributed by atoms with Crippen molar-refractivity contribution in [1.29, 1.82) is 0 Å². The highest BCUT2D eigenvalue weighted by Crippen LogP contribution is 2.14. The van der Waals surface area contributed by atoms with Gasteiger partial charge in [0.05, 0.1) is 13.2 Å². The van der Waals surface area contributed by atoms with Crippen molar-refractivity contribution in [3.8, 4) is 0 Å². The molecule has 1 rings (SSSR count). The number of hydrogen-bond acceptors (Lipinski definition) is 7. The molecule has 0 radical (unpaired) electrons. The summed E-state index contributed by atoms with van der Waals surface area (Å²) < 4.78 is 19.1. The summed E-state index contributed by atoms with van der Waals surface area (Å²) in [5.74, 6) is -2.29. The minimum absolute atomic E-state index is 0.114. The molecule has 96 valence electrons. The standard InChI is InChI=1S/C10H14O7/c1-3-14-9(12)7-8(10(13)15-4-2)17-6(11)5-16-7/h7-8H,3-5H2,1-2H3. The van der Waals surface area contributed by atoms with E-state index >= 15 is 0 Å². The highest BCUT2D eigenvalue weighted by molar-refractivity contribution is 5.89. The van der Waals surface area contributed by atoms with Gasteiger partial charge in [-0.1, -0.05) is 0 Å². The van der Waals surface area contributed by atoms with Crippen molar-refractivity contribution in [2.75, 3.05) is 19.8 Å². The fraction of sp³-hybridized carbons (Fsp3) is 0.700. The van der Waals surface area contributed by atoms with Gasteiger partial charge in [-0.05, 0) is 13.8 Å². The van der Waals surface area contributed by atoms with E-state index in [9.17, 15) is 14.4 Å². The minimum atomic E-state index is -1.39. The van der Waals surface area contributed by atoms with Crippen LogP contribution in [0.2, 0.25) is 0 Å². The molecule has 1 heterocycles. The topological polar surface area (TPSA) is 88.1 Å². The van der Waals surface area contributed by atoms with Crippen LogP contribution in [0, 0.1) is 0 Å². The van der Waals surface area contributed by atoms with E-state index in [1.54, 1.807) is 13.8 Å². The summed E-state index contributed by atoms with van der Waals surface area (Å²) in [7, 11) is 0. The van der Waals surface area contributed by atoms with E-state index in [2.05, 4.69) is 4.74 Å². The zero-order chi connectivity index (χ0) is 12.8. The summed E-state index contributed by atoms with van der Waals surface area (Å²) in [5.41, 5.74) is 0. The Morgan fingerprint density at radius 2 is 1.71 bits per heavy atom. The van der Waals surface area contributed by atoms with Gasteiger partial charge in [-0.2, -0.15) is 0 Å². The molecule has 0 spiro atoms. The number of esters is 3. The third-order valence-electron chi connectivity index (χ3n) is 1.95. The number of ether oxygens (including phenoxy) is 4. The lowest BCUT2D eigenvalue weighted by atomic mass is 10.2. The van der Waals surface area contributed by atoms with E-state index in [0.717, 1.165) is 0 Å². The van der Waals surface area contributed by atoms with Crippen LogP contribution in [-0.4, -0.2) is 49.9 Å². The number of hydrogen-bond donors (Lipinski definition) is 0. The predicted octanol–water partition coefficient (Wildman–Crippen LogP) is -0.577. The first-order chi connectivity index (χ1) is 8.10. The molecule has 2 unspecified atom stereocenters. The smallest absolute Gasteiger partial charge is 0.350 e. The zero-order valence-corrected chi connectivity index (χ0v) is 9.63. The second kappa shape index (κ2) is 6.19. The molecule has 1 saturated heterocycles. The van der Waals surface area contributed by atoms with Crippen molar-refractivity contribution in [2.24, 2.45) is 0 Å². The van der Waals surface area contributed by atoms with Crippen molar-refractivity contribution in [3.05, 3.63) is 0 Å². The Balaban J connectivity index is 2.74. The molecule has 0 aromatic heterocycles. The van der Waals surface area contributed by atoms with E-state index in [-0.39, 0.29) is 19.8 Å². The molecule has 0 bridgehead atoms. The summed E-state index contributed by atoms with van der Waals surface area (Å²) in [6.07, 6.45) is -2.65. The fourth-order valence-corrected chi connectivity index (χ4v) is 1.29. The highest BCUT2D eigenvalue weighted by Gasteiger charge is 2.43. The van der Waals surface area contributed by atoms with Gasteiger partial charge in [0, 0.05) is 0 Å². The number of rotatable bonds is 4. The summed E-state index contributed by atoms with van der Waals surface area (Å²) >= 11 is 0. The first-order valence-corrected chi connectivity index (χ1v) is 5.24. The lowest BCUT2D eigenvalue weighted by molar-refractivity contribution is -0.204. The van der Waals surface area contributed by atoms with Gasteiger partial charge >= 0.3 is 17.9 Å². The van der Waals surface area contributed by atoms with Gasteiger partial charge in [-0.3, -0.25) is 0 Å². The Labute approximate surface area is 98.0 Å². The second-order valence-electron chi connectivity index (χ2n) is 3.15. The molecule has 0 aromatic carbocycles. The minimum Gasteiger partial charge on any atom is -0.464 e. The van der Waals surface area contributed by atoms with Gasteiger partial charge < -0.3 is 18.9 Å². The van der Waals surface area contributed by atoms with Gasteiger partial charge in [0.2, 0.25) is 12.2 Å². The summed E-state index contributed by atoms with van der Waals surface area (Å²) in [6.45, 7) is 3.08. The summed E-state index contributed by atoms with van der Waals surface area (Å²) in [4.78, 5) is 34.0. The summed E-state index contributed by atoms with van der Waals surface area (Å²) in [5, 5.41) is 0. The van der Waals surface area contributed by atoms with Gasteiger partial charge in [0.25, 0.3) is 0 Å². The van der Waals surface area contributed by atoms with Gasteiger partial charge in [0.15, 0.2) is 0 Å². The predicted molar refractivity (Wildman–Crippen MR) is 52.9 cm³/mol. The maximum atomic E-state index is 11.5. The van der Waals surface area contributed by atoms with Gasteiger partial charge in [-0.25, -0.2) is 14.4 Å². The average molecular weight is 246 g/mol. The van der Waals surface area contributed by atoms with E-state index in [0.29, 0.717) is 0 Å². The van der Waals surface area contributed by atoms with Crippen LogP contribution in [-0.2, 0) is 33.3 Å². The lowest BCUT2D eigenvalue weighted by Gasteiger charge is -2.27. The number of carbonyl (C=O) groups is 3. The number of carbonyl (C=O) groups excluding carboxylic acids is 3. The molecule has 7 heteroatoms. The Hall–Kier alpha value is -1.63. The van der Waals surface area contributed by atoms with Crippen LogP contribution in [0.25, 0.3) is 0 Å². The molecule has 1 aliphatic heterocycles. The monoisotopic (exact) mass is 246 g/mol. The molecule has 0 amide bonds. The third kappa shape index (κ3) is 3.42. The lowest BCUT2D eigenvalue weighted by Crippen LogP contribution is -2.51. The van der Waals surface area contributed by atoms with Crippen LogP contribution in [0.1, 0.15) is 13.8 Å². The van der Waals surface area contributed by atoms with Crippen LogP contribution in [0.4, 0.5) is 0 Å². The van der Waals surface area contributed by atoms with Crippen LogP contribution in [0.5, 0.6) is 0 Å². The van der Waals surface area contributed by atoms with Crippen LogP contribution < -0.4 is 0 Å². The largest absolute Gasteiger partial charge is 0.464 e. The third-order valence-corrected chi connectivity index (χ3v) is 1.95. The van der Waals surface area contributed by atoms with E-state index in [4.69, 9.17) is 14.2 Å². The molecule has 17 heavy (non-hydrogen) atoms. The number of cyclic esters (lactones) is 1. The molecular formula is C10H14O7. The molecule has 0 N–H and O–H groups in total. The maximum Gasteiger partial charge on any atom is 0.350 e. The maximum absolute atomic E-state index is 11.5. The average Bonchev–Trinajstić information content (AvgIpc) is 2.29. The van der Waals surface area contributed by atoms with Crippen molar-refractivity contribution in [1.82, 2.24) is 0 Å². The van der Waals surface area contributed by atoms with E-state index in [1.807, 2.05) is 0 Å². The second-order valence-corrected chi connectivity index (χ2v) is 3.15. The molecule has 1 aliphatic rings. The molecular weight excluding hydrogens is 232 g/mol. The Kier molecular flexibility index (Phi) is 4.89. The molecule has 0 aromatic rings. The van der Waals surface area contributed by atoms with Crippen molar-refractivity contribution in [3.63, 3.8) is 0 Å². The molecule has 7 nitrogen and oxygen atoms in total. The van der Waals surface area contributed by atoms with Gasteiger partial charge in [0.1, 0.15) is 6.61 Å². The van der Waals surface area contributed by atoms with Crippen LogP contribution in [0.3, 0.4) is 0 Å². The first kappa shape index (κ1) is 13.4. The molecule has 1 fully saturated rings. The molecule has 0 saturated carbocycles. The van der Waals surface area contributed by atoms with Gasteiger partial charge in [-0.15, -0.1) is 0 Å². The zero-order valence-electron chi connectivity index (χ0n) is 9.63. The van der Waals surface area contributed by atoms with Crippen LogP contribution >= 0.6 is 0 Å². The fourth-order valence-electron chi connectivity index (χ4n) is 1.29. The molecule has 0 aliphatic carbocycles. The first-order valence-electron chi connectivity index (χ1n) is 5.24. The SMILES string of the molecule is CCOC(=O)C1OCC(=O)OC1C(=O)OCC. The van der Waals surface area contributed by atoms with Crippen molar-refractivity contribution < 1.29 is 33.3 Å².